The van der Waals surface area contributed by atoms with Crippen LogP contribution in [0.3, 0.4) is 0 Å². The molecule has 2 aromatic rings. The summed E-state index contributed by atoms with van der Waals surface area (Å²) in [7, 11) is 1.53. The van der Waals surface area contributed by atoms with Crippen molar-refractivity contribution >= 4 is 11.6 Å². The number of hydrogen-bond acceptors (Lipinski definition) is 5. The third-order valence-corrected chi connectivity index (χ3v) is 4.34. The highest BCUT2D eigenvalue weighted by Gasteiger charge is 2.28. The lowest BCUT2D eigenvalue weighted by molar-refractivity contribution is -0.123. The lowest BCUT2D eigenvalue weighted by Crippen LogP contribution is -2.53. The fraction of sp³-hybridized carbons (Fsp3) is 0.350. The van der Waals surface area contributed by atoms with Crippen molar-refractivity contribution in [2.24, 2.45) is 0 Å². The number of benzene rings is 2. The predicted molar refractivity (Wildman–Crippen MR) is 100 cm³/mol. The number of amides is 1. The van der Waals surface area contributed by atoms with Gasteiger partial charge in [0.1, 0.15) is 6.04 Å². The number of morpholine rings is 1. The van der Waals surface area contributed by atoms with Gasteiger partial charge in [0.05, 0.1) is 19.8 Å². The molecular formula is C20H23FN2O4. The Morgan fingerprint density at radius 1 is 1.22 bits per heavy atom. The van der Waals surface area contributed by atoms with E-state index in [9.17, 15) is 9.18 Å². The van der Waals surface area contributed by atoms with E-state index in [0.717, 1.165) is 5.56 Å². The van der Waals surface area contributed by atoms with Gasteiger partial charge in [0.15, 0.2) is 23.1 Å². The van der Waals surface area contributed by atoms with Crippen molar-refractivity contribution in [3.05, 3.63) is 47.8 Å². The van der Waals surface area contributed by atoms with Crippen molar-refractivity contribution in [1.29, 1.82) is 0 Å². The number of hydrogen-bond donors (Lipinski definition) is 2. The monoisotopic (exact) mass is 374 g/mol. The molecule has 1 aliphatic heterocycles. The van der Waals surface area contributed by atoms with E-state index in [1.807, 2.05) is 26.0 Å². The molecule has 0 saturated carbocycles. The number of halogens is 1. The molecule has 2 aromatic carbocycles. The van der Waals surface area contributed by atoms with Gasteiger partial charge in [-0.3, -0.25) is 4.79 Å². The standard InChI is InChI=1S/C20H23FN2O4/c1-12-4-6-17(18(10-12)25-3)27-16-7-5-14(11-15(16)21)23-20(24)19-13(2)26-9-8-22-19/h4-7,10-11,13,19,22H,8-9H2,1-3H3,(H,23,24)/t13-,19+/m1/s1. The molecule has 1 saturated heterocycles. The molecule has 3 rings (SSSR count). The molecule has 2 atom stereocenters. The summed E-state index contributed by atoms with van der Waals surface area (Å²) < 4.78 is 30.8. The zero-order chi connectivity index (χ0) is 19.4. The van der Waals surface area contributed by atoms with Crippen LogP contribution >= 0.6 is 0 Å². The van der Waals surface area contributed by atoms with Crippen LogP contribution in [0.5, 0.6) is 17.2 Å². The first-order valence-corrected chi connectivity index (χ1v) is 8.76. The lowest BCUT2D eigenvalue weighted by atomic mass is 10.1. The molecule has 1 heterocycles. The van der Waals surface area contributed by atoms with Crippen LogP contribution in [0.4, 0.5) is 10.1 Å². The fourth-order valence-corrected chi connectivity index (χ4v) is 2.89. The van der Waals surface area contributed by atoms with E-state index in [4.69, 9.17) is 14.2 Å². The molecule has 0 unspecified atom stereocenters. The van der Waals surface area contributed by atoms with Crippen molar-refractivity contribution in [2.75, 3.05) is 25.6 Å². The molecule has 1 fully saturated rings. The number of anilines is 1. The molecule has 1 amide bonds. The summed E-state index contributed by atoms with van der Waals surface area (Å²) in [5.41, 5.74) is 1.35. The number of carbonyl (C=O) groups excluding carboxylic acids is 1. The van der Waals surface area contributed by atoms with Gasteiger partial charge in [-0.2, -0.15) is 0 Å². The topological polar surface area (TPSA) is 68.8 Å². The average molecular weight is 374 g/mol. The number of ether oxygens (including phenoxy) is 3. The number of methoxy groups -OCH3 is 1. The first kappa shape index (κ1) is 19.1. The maximum absolute atomic E-state index is 14.5. The third-order valence-electron chi connectivity index (χ3n) is 4.34. The first-order valence-electron chi connectivity index (χ1n) is 8.76. The third kappa shape index (κ3) is 4.56. The Kier molecular flexibility index (Phi) is 5.93. The second-order valence-corrected chi connectivity index (χ2v) is 6.40. The van der Waals surface area contributed by atoms with Crippen LogP contribution in [0.25, 0.3) is 0 Å². The number of rotatable bonds is 5. The zero-order valence-electron chi connectivity index (χ0n) is 15.5. The summed E-state index contributed by atoms with van der Waals surface area (Å²) in [6.07, 6.45) is -0.250. The SMILES string of the molecule is COc1cc(C)ccc1Oc1ccc(NC(=O)[C@H]2NCCO[C@@H]2C)cc1F. The van der Waals surface area contributed by atoms with E-state index < -0.39 is 11.9 Å². The van der Waals surface area contributed by atoms with Gasteiger partial charge in [0, 0.05) is 18.3 Å². The molecule has 0 radical (unpaired) electrons. The van der Waals surface area contributed by atoms with Gasteiger partial charge in [-0.25, -0.2) is 4.39 Å². The summed E-state index contributed by atoms with van der Waals surface area (Å²) >= 11 is 0. The largest absolute Gasteiger partial charge is 0.493 e. The van der Waals surface area contributed by atoms with E-state index in [2.05, 4.69) is 10.6 Å². The fourth-order valence-electron chi connectivity index (χ4n) is 2.89. The minimum absolute atomic E-state index is 0.0441. The Morgan fingerprint density at radius 3 is 2.70 bits per heavy atom. The van der Waals surface area contributed by atoms with Crippen LogP contribution in [-0.2, 0) is 9.53 Å². The van der Waals surface area contributed by atoms with E-state index in [1.165, 1.54) is 19.2 Å². The van der Waals surface area contributed by atoms with Crippen LogP contribution < -0.4 is 20.1 Å². The quantitative estimate of drug-likeness (QED) is 0.841. The molecule has 144 valence electrons. The summed E-state index contributed by atoms with van der Waals surface area (Å²) in [5.74, 6) is 0.120. The molecule has 0 aromatic heterocycles. The van der Waals surface area contributed by atoms with Gasteiger partial charge in [0.25, 0.3) is 0 Å². The maximum atomic E-state index is 14.5. The lowest BCUT2D eigenvalue weighted by Gasteiger charge is -2.29. The molecule has 6 nitrogen and oxygen atoms in total. The Balaban J connectivity index is 1.71. The second kappa shape index (κ2) is 8.37. The van der Waals surface area contributed by atoms with Crippen LogP contribution in [0.1, 0.15) is 12.5 Å². The van der Waals surface area contributed by atoms with E-state index in [1.54, 1.807) is 12.1 Å². The average Bonchev–Trinajstić information content (AvgIpc) is 2.65. The molecule has 0 spiro atoms. The van der Waals surface area contributed by atoms with Crippen molar-refractivity contribution < 1.29 is 23.4 Å². The number of aryl methyl sites for hydroxylation is 1. The summed E-state index contributed by atoms with van der Waals surface area (Å²) in [4.78, 5) is 12.4. The van der Waals surface area contributed by atoms with Gasteiger partial charge in [0.2, 0.25) is 5.91 Å². The van der Waals surface area contributed by atoms with Gasteiger partial charge < -0.3 is 24.8 Å². The van der Waals surface area contributed by atoms with Crippen LogP contribution in [0.2, 0.25) is 0 Å². The molecule has 2 N–H and O–H groups in total. The summed E-state index contributed by atoms with van der Waals surface area (Å²) in [6.45, 7) is 4.91. The summed E-state index contributed by atoms with van der Waals surface area (Å²) in [5, 5.41) is 5.80. The van der Waals surface area contributed by atoms with Crippen molar-refractivity contribution in [1.82, 2.24) is 5.32 Å². The highest BCUT2D eigenvalue weighted by molar-refractivity contribution is 5.95. The molecule has 27 heavy (non-hydrogen) atoms. The number of nitrogens with one attached hydrogen (secondary N) is 2. The molecule has 7 heteroatoms. The van der Waals surface area contributed by atoms with Gasteiger partial charge in [-0.15, -0.1) is 0 Å². The second-order valence-electron chi connectivity index (χ2n) is 6.40. The normalized spacial score (nSPS) is 19.4. The minimum Gasteiger partial charge on any atom is -0.493 e. The smallest absolute Gasteiger partial charge is 0.244 e. The maximum Gasteiger partial charge on any atom is 0.244 e. The van der Waals surface area contributed by atoms with E-state index >= 15 is 0 Å². The predicted octanol–water partition coefficient (Wildman–Crippen LogP) is 3.25. The van der Waals surface area contributed by atoms with Gasteiger partial charge in [-0.1, -0.05) is 6.07 Å². The van der Waals surface area contributed by atoms with Crippen LogP contribution in [-0.4, -0.2) is 38.3 Å². The Morgan fingerprint density at radius 2 is 2.00 bits per heavy atom. The highest BCUT2D eigenvalue weighted by atomic mass is 19.1. The Bertz CT molecular complexity index is 828. The van der Waals surface area contributed by atoms with E-state index in [-0.39, 0.29) is 17.8 Å². The number of carbonyl (C=O) groups is 1. The van der Waals surface area contributed by atoms with Gasteiger partial charge in [-0.05, 0) is 43.7 Å². The van der Waals surface area contributed by atoms with Crippen molar-refractivity contribution in [3.8, 4) is 17.2 Å². The van der Waals surface area contributed by atoms with Crippen molar-refractivity contribution in [2.45, 2.75) is 26.0 Å². The van der Waals surface area contributed by atoms with Crippen LogP contribution in [0.15, 0.2) is 36.4 Å². The van der Waals surface area contributed by atoms with E-state index in [0.29, 0.717) is 30.3 Å². The molecule has 0 bridgehead atoms. The Hall–Kier alpha value is -2.64. The van der Waals surface area contributed by atoms with Crippen molar-refractivity contribution in [3.63, 3.8) is 0 Å². The highest BCUT2D eigenvalue weighted by Crippen LogP contribution is 2.34. The minimum atomic E-state index is -0.587. The molecular weight excluding hydrogens is 351 g/mol. The van der Waals surface area contributed by atoms with Crippen LogP contribution in [0, 0.1) is 12.7 Å². The Labute approximate surface area is 157 Å². The molecule has 0 aliphatic carbocycles. The molecule has 1 aliphatic rings. The summed E-state index contributed by atoms with van der Waals surface area (Å²) in [6, 6.07) is 9.19. The van der Waals surface area contributed by atoms with Gasteiger partial charge >= 0.3 is 0 Å². The zero-order valence-corrected chi connectivity index (χ0v) is 15.5. The first-order chi connectivity index (χ1) is 13.0.